The van der Waals surface area contributed by atoms with Crippen molar-refractivity contribution in [3.8, 4) is 12.3 Å². The van der Waals surface area contributed by atoms with E-state index in [0.717, 1.165) is 12.8 Å². The molecule has 0 heterocycles. The third-order valence-electron chi connectivity index (χ3n) is 1.65. The fraction of sp³-hybridized carbons (Fsp3) is 0.625. The van der Waals surface area contributed by atoms with E-state index in [4.69, 9.17) is 6.42 Å². The van der Waals surface area contributed by atoms with Crippen LogP contribution in [0.3, 0.4) is 0 Å². The van der Waals surface area contributed by atoms with Gasteiger partial charge in [0.05, 0.1) is 6.54 Å². The zero-order chi connectivity index (χ0) is 7.56. The van der Waals surface area contributed by atoms with Gasteiger partial charge >= 0.3 is 0 Å². The number of carbonyl (C=O) groups excluding carboxylic acids is 1. The molecule has 0 bridgehead atoms. The average Bonchev–Trinajstić information content (AvgIpc) is 2.63. The maximum absolute atomic E-state index is 10.8. The minimum Gasteiger partial charge on any atom is -0.329 e. The van der Waals surface area contributed by atoms with Gasteiger partial charge in [-0.1, -0.05) is 5.92 Å². The molecule has 0 radical (unpaired) electrons. The molecule has 0 unspecified atom stereocenters. The number of hydrogen-bond acceptors (Lipinski definition) is 1. The summed E-state index contributed by atoms with van der Waals surface area (Å²) < 4.78 is 0. The molecule has 0 N–H and O–H groups in total. The smallest absolute Gasteiger partial charge is 0.220 e. The Morgan fingerprint density at radius 1 is 1.80 bits per heavy atom. The summed E-state index contributed by atoms with van der Waals surface area (Å²) in [6.45, 7) is 2.04. The molecular weight excluding hydrogens is 126 g/mol. The Balaban J connectivity index is 2.43. The highest BCUT2D eigenvalue weighted by Gasteiger charge is 2.29. The van der Waals surface area contributed by atoms with E-state index in [-0.39, 0.29) is 5.91 Å². The topological polar surface area (TPSA) is 20.3 Å². The van der Waals surface area contributed by atoms with Gasteiger partial charge in [0.2, 0.25) is 5.91 Å². The highest BCUT2D eigenvalue weighted by Crippen LogP contribution is 2.26. The second-order valence-corrected chi connectivity index (χ2v) is 2.58. The first-order valence-corrected chi connectivity index (χ1v) is 3.46. The molecule has 2 heteroatoms. The third-order valence-corrected chi connectivity index (χ3v) is 1.65. The first-order chi connectivity index (χ1) is 4.75. The fourth-order valence-corrected chi connectivity index (χ4v) is 0.982. The molecule has 10 heavy (non-hydrogen) atoms. The van der Waals surface area contributed by atoms with Crippen molar-refractivity contribution in [3.63, 3.8) is 0 Å². The van der Waals surface area contributed by atoms with Gasteiger partial charge in [0.15, 0.2) is 0 Å². The Kier molecular flexibility index (Phi) is 1.96. The van der Waals surface area contributed by atoms with Crippen molar-refractivity contribution in [1.82, 2.24) is 4.90 Å². The summed E-state index contributed by atoms with van der Waals surface area (Å²) in [6.07, 6.45) is 7.34. The normalized spacial score (nSPS) is 16.0. The zero-order valence-corrected chi connectivity index (χ0v) is 6.13. The number of amides is 1. The Bertz CT molecular complexity index is 176. The molecule has 1 aliphatic carbocycles. The summed E-state index contributed by atoms with van der Waals surface area (Å²) in [6, 6.07) is 0.452. The summed E-state index contributed by atoms with van der Waals surface area (Å²) in [5, 5.41) is 0. The Labute approximate surface area is 61.2 Å². The molecule has 1 saturated carbocycles. The number of nitrogens with zero attached hydrogens (tertiary/aromatic N) is 1. The van der Waals surface area contributed by atoms with Gasteiger partial charge in [-0.2, -0.15) is 0 Å². The molecule has 0 aromatic carbocycles. The lowest BCUT2D eigenvalue weighted by Crippen LogP contribution is -2.31. The summed E-state index contributed by atoms with van der Waals surface area (Å²) in [5.74, 6) is 2.57. The van der Waals surface area contributed by atoms with Crippen LogP contribution in [-0.2, 0) is 4.79 Å². The fourth-order valence-electron chi connectivity index (χ4n) is 0.982. The minimum atomic E-state index is 0.0976. The molecule has 1 rings (SSSR count). The van der Waals surface area contributed by atoms with Crippen LogP contribution < -0.4 is 0 Å². The molecule has 2 nitrogen and oxygen atoms in total. The summed E-state index contributed by atoms with van der Waals surface area (Å²) in [5.41, 5.74) is 0. The van der Waals surface area contributed by atoms with Gasteiger partial charge in [-0.3, -0.25) is 4.79 Å². The molecule has 0 atom stereocenters. The van der Waals surface area contributed by atoms with Crippen molar-refractivity contribution in [3.05, 3.63) is 0 Å². The lowest BCUT2D eigenvalue weighted by Gasteiger charge is -2.16. The quantitative estimate of drug-likeness (QED) is 0.511. The van der Waals surface area contributed by atoms with E-state index in [0.29, 0.717) is 12.6 Å². The summed E-state index contributed by atoms with van der Waals surface area (Å²) in [7, 11) is 0. The van der Waals surface area contributed by atoms with Crippen LogP contribution in [0, 0.1) is 12.3 Å². The van der Waals surface area contributed by atoms with E-state index < -0.39 is 0 Å². The molecule has 1 aliphatic rings. The van der Waals surface area contributed by atoms with Crippen LogP contribution in [0.4, 0.5) is 0 Å². The van der Waals surface area contributed by atoms with Crippen molar-refractivity contribution < 1.29 is 4.79 Å². The van der Waals surface area contributed by atoms with E-state index in [2.05, 4.69) is 5.92 Å². The van der Waals surface area contributed by atoms with Gasteiger partial charge in [-0.05, 0) is 12.8 Å². The predicted molar refractivity (Wildman–Crippen MR) is 39.2 cm³/mol. The molecular formula is C8H11NO. The monoisotopic (exact) mass is 137 g/mol. The highest BCUT2D eigenvalue weighted by atomic mass is 16.2. The van der Waals surface area contributed by atoms with Gasteiger partial charge in [0.25, 0.3) is 0 Å². The van der Waals surface area contributed by atoms with Crippen molar-refractivity contribution in [1.29, 1.82) is 0 Å². The van der Waals surface area contributed by atoms with Gasteiger partial charge in [0.1, 0.15) is 0 Å². The van der Waals surface area contributed by atoms with Gasteiger partial charge in [-0.25, -0.2) is 0 Å². The average molecular weight is 137 g/mol. The Morgan fingerprint density at radius 2 is 2.40 bits per heavy atom. The molecule has 0 saturated heterocycles. The number of hydrogen-bond donors (Lipinski definition) is 0. The lowest BCUT2D eigenvalue weighted by atomic mass is 10.4. The van der Waals surface area contributed by atoms with Crippen molar-refractivity contribution >= 4 is 5.91 Å². The maximum Gasteiger partial charge on any atom is 0.220 e. The van der Waals surface area contributed by atoms with Crippen LogP contribution >= 0.6 is 0 Å². The van der Waals surface area contributed by atoms with Gasteiger partial charge < -0.3 is 4.90 Å². The van der Waals surface area contributed by atoms with Crippen LogP contribution in [0.15, 0.2) is 0 Å². The predicted octanol–water partition coefficient (Wildman–Crippen LogP) is 0.631. The van der Waals surface area contributed by atoms with Crippen LogP contribution in [-0.4, -0.2) is 23.4 Å². The standard InChI is InChI=1S/C8H11NO/c1-3-6-9(7(2)10)8-4-5-8/h1,8H,4-6H2,2H3. The number of rotatable bonds is 2. The second-order valence-electron chi connectivity index (χ2n) is 2.58. The maximum atomic E-state index is 10.8. The Morgan fingerprint density at radius 3 is 2.70 bits per heavy atom. The molecule has 0 aromatic rings. The Hall–Kier alpha value is -0.970. The van der Waals surface area contributed by atoms with E-state index >= 15 is 0 Å². The van der Waals surface area contributed by atoms with Crippen LogP contribution in [0.2, 0.25) is 0 Å². The highest BCUT2D eigenvalue weighted by molar-refractivity contribution is 5.74. The first kappa shape index (κ1) is 7.14. The van der Waals surface area contributed by atoms with Crippen LogP contribution in [0.1, 0.15) is 19.8 Å². The van der Waals surface area contributed by atoms with E-state index in [9.17, 15) is 4.79 Å². The van der Waals surface area contributed by atoms with Crippen LogP contribution in [0.5, 0.6) is 0 Å². The molecule has 0 spiro atoms. The minimum absolute atomic E-state index is 0.0976. The van der Waals surface area contributed by atoms with Crippen molar-refractivity contribution in [2.24, 2.45) is 0 Å². The lowest BCUT2D eigenvalue weighted by molar-refractivity contribution is -0.128. The van der Waals surface area contributed by atoms with Crippen molar-refractivity contribution in [2.45, 2.75) is 25.8 Å². The zero-order valence-electron chi connectivity index (χ0n) is 6.13. The summed E-state index contributed by atoms with van der Waals surface area (Å²) in [4.78, 5) is 12.6. The largest absolute Gasteiger partial charge is 0.329 e. The molecule has 1 amide bonds. The first-order valence-electron chi connectivity index (χ1n) is 3.46. The van der Waals surface area contributed by atoms with E-state index in [1.165, 1.54) is 0 Å². The van der Waals surface area contributed by atoms with Crippen LogP contribution in [0.25, 0.3) is 0 Å². The third kappa shape index (κ3) is 1.51. The number of terminal acetylenes is 1. The molecule has 54 valence electrons. The number of carbonyl (C=O) groups is 1. The molecule has 0 aromatic heterocycles. The van der Waals surface area contributed by atoms with Gasteiger partial charge in [-0.15, -0.1) is 6.42 Å². The van der Waals surface area contributed by atoms with E-state index in [1.54, 1.807) is 11.8 Å². The molecule has 1 fully saturated rings. The van der Waals surface area contributed by atoms with Crippen molar-refractivity contribution in [2.75, 3.05) is 6.54 Å². The SMILES string of the molecule is C#CCN(C(C)=O)C1CC1. The molecule has 0 aliphatic heterocycles. The second kappa shape index (κ2) is 2.74. The van der Waals surface area contributed by atoms with Gasteiger partial charge in [0, 0.05) is 13.0 Å². The van der Waals surface area contributed by atoms with E-state index in [1.807, 2.05) is 0 Å². The summed E-state index contributed by atoms with van der Waals surface area (Å²) >= 11 is 0.